The highest BCUT2D eigenvalue weighted by atomic mass is 16.3. The summed E-state index contributed by atoms with van der Waals surface area (Å²) < 4.78 is 0. The highest BCUT2D eigenvalue weighted by molar-refractivity contribution is 5.94. The number of hydrogen-bond donors (Lipinski definition) is 3. The Morgan fingerprint density at radius 3 is 2.61 bits per heavy atom. The third-order valence-electron chi connectivity index (χ3n) is 2.39. The molecule has 0 heterocycles. The number of amides is 2. The van der Waals surface area contributed by atoms with E-state index in [4.69, 9.17) is 5.11 Å². The molecule has 1 aromatic rings. The van der Waals surface area contributed by atoms with Gasteiger partial charge in [-0.25, -0.2) is 0 Å². The van der Waals surface area contributed by atoms with Gasteiger partial charge in [-0.15, -0.1) is 0 Å². The number of aryl methyl sites for hydroxylation is 1. The molecule has 0 saturated carbocycles. The van der Waals surface area contributed by atoms with Gasteiger partial charge in [-0.2, -0.15) is 0 Å². The van der Waals surface area contributed by atoms with Gasteiger partial charge in [0, 0.05) is 31.3 Å². The molecule has 0 aliphatic carbocycles. The zero-order chi connectivity index (χ0) is 13.5. The average molecular weight is 250 g/mol. The Hall–Kier alpha value is -1.88. The molecular formula is C13H18N2O3. The van der Waals surface area contributed by atoms with Gasteiger partial charge in [0.15, 0.2) is 0 Å². The quantitative estimate of drug-likeness (QED) is 0.743. The van der Waals surface area contributed by atoms with Crippen LogP contribution in [0.1, 0.15) is 25.3 Å². The molecule has 0 saturated heterocycles. The maximum absolute atomic E-state index is 11.5. The van der Waals surface area contributed by atoms with Crippen molar-refractivity contribution in [2.24, 2.45) is 0 Å². The normalized spacial score (nSPS) is 9.94. The van der Waals surface area contributed by atoms with Crippen LogP contribution < -0.4 is 10.6 Å². The van der Waals surface area contributed by atoms with Gasteiger partial charge in [0.05, 0.1) is 0 Å². The molecule has 0 atom stereocenters. The first kappa shape index (κ1) is 14.2. The van der Waals surface area contributed by atoms with Crippen LogP contribution in [0.5, 0.6) is 0 Å². The maximum atomic E-state index is 11.5. The minimum atomic E-state index is -0.156. The first-order valence-corrected chi connectivity index (χ1v) is 5.82. The molecule has 18 heavy (non-hydrogen) atoms. The molecule has 0 unspecified atom stereocenters. The fourth-order valence-corrected chi connectivity index (χ4v) is 1.49. The van der Waals surface area contributed by atoms with Crippen LogP contribution in [-0.4, -0.2) is 23.5 Å². The monoisotopic (exact) mass is 250 g/mol. The van der Waals surface area contributed by atoms with E-state index in [-0.39, 0.29) is 24.8 Å². The second kappa shape index (κ2) is 6.76. The van der Waals surface area contributed by atoms with Crippen LogP contribution in [-0.2, 0) is 9.59 Å². The lowest BCUT2D eigenvalue weighted by Gasteiger charge is -2.10. The largest absolute Gasteiger partial charge is 0.396 e. The lowest BCUT2D eigenvalue weighted by atomic mass is 10.1. The Morgan fingerprint density at radius 2 is 2.00 bits per heavy atom. The van der Waals surface area contributed by atoms with E-state index in [1.165, 1.54) is 6.92 Å². The molecule has 0 spiro atoms. The average Bonchev–Trinajstić information content (AvgIpc) is 2.30. The van der Waals surface area contributed by atoms with Crippen molar-refractivity contribution in [3.63, 3.8) is 0 Å². The molecule has 3 N–H and O–H groups in total. The van der Waals surface area contributed by atoms with E-state index in [0.29, 0.717) is 17.8 Å². The van der Waals surface area contributed by atoms with Crippen molar-refractivity contribution in [3.05, 3.63) is 23.8 Å². The Kier molecular flexibility index (Phi) is 5.32. The summed E-state index contributed by atoms with van der Waals surface area (Å²) in [5.41, 5.74) is 2.23. The SMILES string of the molecule is CC(=O)Nc1ccc(C)c(NC(=O)CCCO)c1. The number of hydrogen-bond acceptors (Lipinski definition) is 3. The first-order valence-electron chi connectivity index (χ1n) is 5.82. The summed E-state index contributed by atoms with van der Waals surface area (Å²) in [7, 11) is 0. The molecule has 0 fully saturated rings. The Morgan fingerprint density at radius 1 is 1.28 bits per heavy atom. The van der Waals surface area contributed by atoms with E-state index in [9.17, 15) is 9.59 Å². The number of benzene rings is 1. The highest BCUT2D eigenvalue weighted by Crippen LogP contribution is 2.20. The summed E-state index contributed by atoms with van der Waals surface area (Å²) in [5.74, 6) is -0.302. The third kappa shape index (κ3) is 4.55. The van der Waals surface area contributed by atoms with Gasteiger partial charge < -0.3 is 15.7 Å². The number of aliphatic hydroxyl groups excluding tert-OH is 1. The number of nitrogens with one attached hydrogen (secondary N) is 2. The fourth-order valence-electron chi connectivity index (χ4n) is 1.49. The predicted octanol–water partition coefficient (Wildman–Crippen LogP) is 1.66. The smallest absolute Gasteiger partial charge is 0.224 e. The molecular weight excluding hydrogens is 232 g/mol. The predicted molar refractivity (Wildman–Crippen MR) is 70.4 cm³/mol. The molecule has 0 radical (unpaired) electrons. The van der Waals surface area contributed by atoms with E-state index in [1.54, 1.807) is 12.1 Å². The fraction of sp³-hybridized carbons (Fsp3) is 0.385. The van der Waals surface area contributed by atoms with Crippen molar-refractivity contribution < 1.29 is 14.7 Å². The van der Waals surface area contributed by atoms with E-state index in [1.807, 2.05) is 13.0 Å². The van der Waals surface area contributed by atoms with Gasteiger partial charge in [-0.3, -0.25) is 9.59 Å². The van der Waals surface area contributed by atoms with Crippen LogP contribution in [0.15, 0.2) is 18.2 Å². The van der Waals surface area contributed by atoms with Crippen LogP contribution in [0.3, 0.4) is 0 Å². The number of aliphatic hydroxyl groups is 1. The van der Waals surface area contributed by atoms with Gasteiger partial charge in [0.25, 0.3) is 0 Å². The highest BCUT2D eigenvalue weighted by Gasteiger charge is 2.06. The van der Waals surface area contributed by atoms with Crippen molar-refractivity contribution in [1.29, 1.82) is 0 Å². The molecule has 1 rings (SSSR count). The van der Waals surface area contributed by atoms with Gasteiger partial charge in [0.1, 0.15) is 0 Å². The number of carbonyl (C=O) groups excluding carboxylic acids is 2. The summed E-state index contributed by atoms with van der Waals surface area (Å²) in [6, 6.07) is 5.32. The van der Waals surface area contributed by atoms with E-state index in [2.05, 4.69) is 10.6 Å². The summed E-state index contributed by atoms with van der Waals surface area (Å²) in [6.07, 6.45) is 0.719. The van der Waals surface area contributed by atoms with Crippen molar-refractivity contribution in [2.75, 3.05) is 17.2 Å². The van der Waals surface area contributed by atoms with E-state index >= 15 is 0 Å². The number of anilines is 2. The Bertz CT molecular complexity index is 444. The van der Waals surface area contributed by atoms with Crippen LogP contribution in [0, 0.1) is 6.92 Å². The minimum Gasteiger partial charge on any atom is -0.396 e. The first-order chi connectivity index (χ1) is 8.52. The lowest BCUT2D eigenvalue weighted by Crippen LogP contribution is -2.13. The van der Waals surface area contributed by atoms with Crippen molar-refractivity contribution in [1.82, 2.24) is 0 Å². The molecule has 0 aliphatic rings. The van der Waals surface area contributed by atoms with E-state index in [0.717, 1.165) is 5.56 Å². The van der Waals surface area contributed by atoms with Crippen LogP contribution in [0.4, 0.5) is 11.4 Å². The molecule has 0 aliphatic heterocycles. The summed E-state index contributed by atoms with van der Waals surface area (Å²) in [6.45, 7) is 3.30. The minimum absolute atomic E-state index is 0.00165. The van der Waals surface area contributed by atoms with Crippen LogP contribution >= 0.6 is 0 Å². The van der Waals surface area contributed by atoms with Crippen molar-refractivity contribution >= 4 is 23.2 Å². The van der Waals surface area contributed by atoms with Crippen LogP contribution in [0.25, 0.3) is 0 Å². The van der Waals surface area contributed by atoms with E-state index < -0.39 is 0 Å². The molecule has 1 aromatic carbocycles. The van der Waals surface area contributed by atoms with Crippen molar-refractivity contribution in [3.8, 4) is 0 Å². The molecule has 5 heteroatoms. The molecule has 0 bridgehead atoms. The summed E-state index contributed by atoms with van der Waals surface area (Å²) in [4.78, 5) is 22.5. The third-order valence-corrected chi connectivity index (χ3v) is 2.39. The number of carbonyl (C=O) groups is 2. The molecule has 5 nitrogen and oxygen atoms in total. The maximum Gasteiger partial charge on any atom is 0.224 e. The molecule has 98 valence electrons. The topological polar surface area (TPSA) is 78.4 Å². The zero-order valence-corrected chi connectivity index (χ0v) is 10.6. The summed E-state index contributed by atoms with van der Waals surface area (Å²) >= 11 is 0. The summed E-state index contributed by atoms with van der Waals surface area (Å²) in [5, 5.41) is 14.1. The Balaban J connectivity index is 2.74. The zero-order valence-electron chi connectivity index (χ0n) is 10.6. The number of rotatable bonds is 5. The second-order valence-electron chi connectivity index (χ2n) is 4.09. The lowest BCUT2D eigenvalue weighted by molar-refractivity contribution is -0.116. The molecule has 2 amide bonds. The van der Waals surface area contributed by atoms with Gasteiger partial charge in [0.2, 0.25) is 11.8 Å². The van der Waals surface area contributed by atoms with Gasteiger partial charge >= 0.3 is 0 Å². The van der Waals surface area contributed by atoms with Crippen LogP contribution in [0.2, 0.25) is 0 Å². The van der Waals surface area contributed by atoms with Crippen molar-refractivity contribution in [2.45, 2.75) is 26.7 Å². The van der Waals surface area contributed by atoms with Gasteiger partial charge in [-0.1, -0.05) is 6.07 Å². The molecule has 0 aromatic heterocycles. The second-order valence-corrected chi connectivity index (χ2v) is 4.09. The Labute approximate surface area is 106 Å². The standard InChI is InChI=1S/C13H18N2O3/c1-9-5-6-11(14-10(2)17)8-12(9)15-13(18)4-3-7-16/h5-6,8,16H,3-4,7H2,1-2H3,(H,14,17)(H,15,18). The van der Waals surface area contributed by atoms with Gasteiger partial charge in [-0.05, 0) is 31.0 Å².